The average Bonchev–Trinajstić information content (AvgIpc) is 3.26. The molecule has 0 aliphatic carbocycles. The SMILES string of the molecule is O=C(CF)N1CCN(Cc2nc3nc(-c4cccc(O)c4)nc(N4CCOCC4)c3s2)CC1. The quantitative estimate of drug-likeness (QED) is 0.602. The van der Waals surface area contributed by atoms with E-state index < -0.39 is 12.6 Å². The van der Waals surface area contributed by atoms with E-state index >= 15 is 0 Å². The summed E-state index contributed by atoms with van der Waals surface area (Å²) in [5.41, 5.74) is 1.37. The maximum atomic E-state index is 12.7. The molecule has 2 aliphatic rings. The lowest BCUT2D eigenvalue weighted by molar-refractivity contribution is -0.133. The summed E-state index contributed by atoms with van der Waals surface area (Å²) in [5.74, 6) is 1.08. The van der Waals surface area contributed by atoms with E-state index in [1.807, 2.05) is 6.07 Å². The predicted octanol–water partition coefficient (Wildman–Crippen LogP) is 1.91. The highest BCUT2D eigenvalue weighted by molar-refractivity contribution is 7.19. The summed E-state index contributed by atoms with van der Waals surface area (Å²) >= 11 is 1.58. The number of carbonyl (C=O) groups excluding carboxylic acids is 1. The van der Waals surface area contributed by atoms with Gasteiger partial charge in [-0.3, -0.25) is 9.69 Å². The molecular formula is C22H25FN6O3S. The summed E-state index contributed by atoms with van der Waals surface area (Å²) in [6, 6.07) is 6.91. The minimum Gasteiger partial charge on any atom is -0.508 e. The van der Waals surface area contributed by atoms with E-state index in [-0.39, 0.29) is 5.75 Å². The highest BCUT2D eigenvalue weighted by Gasteiger charge is 2.24. The van der Waals surface area contributed by atoms with Crippen LogP contribution in [0.2, 0.25) is 0 Å². The number of aromatic nitrogens is 3. The van der Waals surface area contributed by atoms with Crippen LogP contribution in [-0.2, 0) is 16.1 Å². The first-order valence-electron chi connectivity index (χ1n) is 11.0. The number of amides is 1. The molecule has 1 N–H and O–H groups in total. The van der Waals surface area contributed by atoms with E-state index in [0.29, 0.717) is 57.4 Å². The van der Waals surface area contributed by atoms with E-state index in [2.05, 4.69) is 9.80 Å². The van der Waals surface area contributed by atoms with Crippen LogP contribution in [0.1, 0.15) is 5.01 Å². The fourth-order valence-corrected chi connectivity index (χ4v) is 5.18. The Morgan fingerprint density at radius 3 is 2.61 bits per heavy atom. The standard InChI is InChI=1S/C22H25FN6O3S/c23-13-18(31)28-6-4-27(5-7-28)14-17-24-21-19(33-17)22(29-8-10-32-11-9-29)26-20(25-21)15-2-1-3-16(30)12-15/h1-3,12,30H,4-11,13-14H2. The third-order valence-electron chi connectivity index (χ3n) is 5.89. The van der Waals surface area contributed by atoms with Crippen molar-refractivity contribution in [3.63, 3.8) is 0 Å². The second-order valence-corrected chi connectivity index (χ2v) is 9.16. The van der Waals surface area contributed by atoms with E-state index in [4.69, 9.17) is 19.7 Å². The van der Waals surface area contributed by atoms with Gasteiger partial charge in [0.05, 0.1) is 19.8 Å². The molecule has 0 unspecified atom stereocenters. The number of phenols is 1. The van der Waals surface area contributed by atoms with Crippen molar-refractivity contribution in [2.24, 2.45) is 0 Å². The first-order chi connectivity index (χ1) is 16.1. The molecule has 0 bridgehead atoms. The number of fused-ring (bicyclic) bond motifs is 1. The highest BCUT2D eigenvalue weighted by Crippen LogP contribution is 2.33. The normalized spacial score (nSPS) is 17.6. The van der Waals surface area contributed by atoms with Crippen molar-refractivity contribution in [2.45, 2.75) is 6.54 Å². The van der Waals surface area contributed by atoms with Crippen LogP contribution in [0.4, 0.5) is 10.2 Å². The molecule has 0 saturated carbocycles. The minimum absolute atomic E-state index is 0.161. The van der Waals surface area contributed by atoms with Gasteiger partial charge in [-0.05, 0) is 12.1 Å². The molecular weight excluding hydrogens is 447 g/mol. The van der Waals surface area contributed by atoms with Gasteiger partial charge in [0.25, 0.3) is 5.91 Å². The molecule has 5 rings (SSSR count). The lowest BCUT2D eigenvalue weighted by Gasteiger charge is -2.33. The number of piperazine rings is 1. The summed E-state index contributed by atoms with van der Waals surface area (Å²) in [5, 5.41) is 10.8. The van der Waals surface area contributed by atoms with Crippen LogP contribution < -0.4 is 4.90 Å². The van der Waals surface area contributed by atoms with Gasteiger partial charge in [0.15, 0.2) is 24.0 Å². The number of morpholine rings is 1. The molecule has 1 aromatic carbocycles. The Hall–Kier alpha value is -2.89. The molecule has 0 spiro atoms. The van der Waals surface area contributed by atoms with Crippen LogP contribution in [-0.4, -0.2) is 94.9 Å². The number of hydrogen-bond donors (Lipinski definition) is 1. The summed E-state index contributed by atoms with van der Waals surface area (Å²) in [4.78, 5) is 31.9. The zero-order valence-corrected chi connectivity index (χ0v) is 18.9. The number of phenolic OH excluding ortho intramolecular Hbond substituents is 1. The number of rotatable bonds is 5. The maximum absolute atomic E-state index is 12.7. The van der Waals surface area contributed by atoms with Gasteiger partial charge in [-0.25, -0.2) is 19.3 Å². The molecule has 3 aromatic rings. The number of hydrogen-bond acceptors (Lipinski definition) is 9. The van der Waals surface area contributed by atoms with Crippen molar-refractivity contribution in [1.82, 2.24) is 24.8 Å². The molecule has 174 valence electrons. The summed E-state index contributed by atoms with van der Waals surface area (Å²) in [7, 11) is 0. The van der Waals surface area contributed by atoms with Crippen LogP contribution in [0.25, 0.3) is 21.7 Å². The number of aromatic hydroxyl groups is 1. The third kappa shape index (κ3) is 4.75. The molecule has 0 atom stereocenters. The van der Waals surface area contributed by atoms with Gasteiger partial charge in [0.1, 0.15) is 15.5 Å². The smallest absolute Gasteiger partial charge is 0.254 e. The lowest BCUT2D eigenvalue weighted by atomic mass is 10.2. The van der Waals surface area contributed by atoms with Gasteiger partial charge in [-0.2, -0.15) is 0 Å². The summed E-state index contributed by atoms with van der Waals surface area (Å²) < 4.78 is 19.1. The number of anilines is 1. The Morgan fingerprint density at radius 2 is 1.88 bits per heavy atom. The number of ether oxygens (including phenoxy) is 1. The van der Waals surface area contributed by atoms with Crippen molar-refractivity contribution in [3.05, 3.63) is 29.3 Å². The van der Waals surface area contributed by atoms with Gasteiger partial charge in [0, 0.05) is 44.8 Å². The Labute approximate surface area is 194 Å². The number of carbonyl (C=O) groups is 1. The molecule has 2 aliphatic heterocycles. The molecule has 33 heavy (non-hydrogen) atoms. The molecule has 4 heterocycles. The van der Waals surface area contributed by atoms with Gasteiger partial charge in [-0.15, -0.1) is 11.3 Å². The van der Waals surface area contributed by atoms with Crippen LogP contribution in [0.5, 0.6) is 5.75 Å². The zero-order valence-electron chi connectivity index (χ0n) is 18.1. The molecule has 2 aromatic heterocycles. The molecule has 0 radical (unpaired) electrons. The fraction of sp³-hybridized carbons (Fsp3) is 0.455. The number of alkyl halides is 1. The van der Waals surface area contributed by atoms with Gasteiger partial charge >= 0.3 is 0 Å². The second-order valence-electron chi connectivity index (χ2n) is 8.07. The first-order valence-corrected chi connectivity index (χ1v) is 11.8. The molecule has 9 nitrogen and oxygen atoms in total. The zero-order chi connectivity index (χ0) is 22.8. The largest absolute Gasteiger partial charge is 0.508 e. The Bertz CT molecular complexity index is 1140. The van der Waals surface area contributed by atoms with Crippen molar-refractivity contribution in [3.8, 4) is 17.1 Å². The highest BCUT2D eigenvalue weighted by atomic mass is 32.1. The first kappa shape index (κ1) is 21.9. The fourth-order valence-electron chi connectivity index (χ4n) is 4.12. The van der Waals surface area contributed by atoms with Crippen molar-refractivity contribution >= 4 is 33.4 Å². The van der Waals surface area contributed by atoms with Crippen LogP contribution in [0.15, 0.2) is 24.3 Å². The molecule has 2 fully saturated rings. The van der Waals surface area contributed by atoms with Gasteiger partial charge < -0.3 is 19.6 Å². The predicted molar refractivity (Wildman–Crippen MR) is 123 cm³/mol. The topological polar surface area (TPSA) is 94.9 Å². The van der Waals surface area contributed by atoms with Crippen LogP contribution >= 0.6 is 11.3 Å². The maximum Gasteiger partial charge on any atom is 0.254 e. The summed E-state index contributed by atoms with van der Waals surface area (Å²) in [6.45, 7) is 4.86. The van der Waals surface area contributed by atoms with E-state index in [0.717, 1.165) is 34.2 Å². The second kappa shape index (κ2) is 9.54. The van der Waals surface area contributed by atoms with E-state index in [1.165, 1.54) is 0 Å². The lowest BCUT2D eigenvalue weighted by Crippen LogP contribution is -2.48. The Morgan fingerprint density at radius 1 is 1.09 bits per heavy atom. The third-order valence-corrected chi connectivity index (χ3v) is 6.92. The average molecular weight is 473 g/mol. The van der Waals surface area contributed by atoms with Gasteiger partial charge in [0.2, 0.25) is 0 Å². The van der Waals surface area contributed by atoms with E-state index in [1.54, 1.807) is 34.4 Å². The van der Waals surface area contributed by atoms with Crippen LogP contribution in [0.3, 0.4) is 0 Å². The van der Waals surface area contributed by atoms with E-state index in [9.17, 15) is 14.3 Å². The number of nitrogens with zero attached hydrogens (tertiary/aromatic N) is 6. The summed E-state index contributed by atoms with van der Waals surface area (Å²) in [6.07, 6.45) is 0. The number of thiazole rings is 1. The van der Waals surface area contributed by atoms with Gasteiger partial charge in [-0.1, -0.05) is 12.1 Å². The molecule has 11 heteroatoms. The number of benzene rings is 1. The van der Waals surface area contributed by atoms with Crippen molar-refractivity contribution < 1.29 is 19.0 Å². The minimum atomic E-state index is -0.942. The van der Waals surface area contributed by atoms with Crippen molar-refractivity contribution in [1.29, 1.82) is 0 Å². The molecule has 2 saturated heterocycles. The Balaban J connectivity index is 1.44. The number of halogens is 1. The monoisotopic (exact) mass is 472 g/mol. The van der Waals surface area contributed by atoms with Crippen molar-refractivity contribution in [2.75, 3.05) is 64.1 Å². The Kier molecular flexibility index (Phi) is 6.34. The molecule has 1 amide bonds. The van der Waals surface area contributed by atoms with Crippen LogP contribution in [0, 0.1) is 0 Å².